The molecule has 0 spiro atoms. The molecule has 7 nitrogen and oxygen atoms in total. The van der Waals surface area contributed by atoms with Crippen LogP contribution in [0.4, 0.5) is 0 Å². The third-order valence-corrected chi connectivity index (χ3v) is 6.64. The van der Waals surface area contributed by atoms with Crippen molar-refractivity contribution in [2.45, 2.75) is 33.2 Å². The third kappa shape index (κ3) is 4.79. The number of hydrogen-bond donors (Lipinski definition) is 2. The zero-order chi connectivity index (χ0) is 22.0. The molecule has 2 fully saturated rings. The fraction of sp³-hybridized carbons (Fsp3) is 0.542. The van der Waals surface area contributed by atoms with Crippen LogP contribution in [-0.2, 0) is 16.1 Å². The van der Waals surface area contributed by atoms with Gasteiger partial charge in [-0.15, -0.1) is 24.0 Å². The van der Waals surface area contributed by atoms with E-state index in [2.05, 4.69) is 33.8 Å². The number of amides is 2. The van der Waals surface area contributed by atoms with E-state index in [1.165, 1.54) is 4.90 Å². The zero-order valence-electron chi connectivity index (χ0n) is 19.0. The fourth-order valence-electron chi connectivity index (χ4n) is 5.17. The molecule has 32 heavy (non-hydrogen) atoms. The van der Waals surface area contributed by atoms with Gasteiger partial charge in [-0.3, -0.25) is 19.5 Å². The molecule has 1 aliphatic heterocycles. The topological polar surface area (TPSA) is 83.0 Å². The molecule has 2 amide bonds. The molecule has 4 rings (SSSR count). The van der Waals surface area contributed by atoms with Gasteiger partial charge in [0, 0.05) is 26.7 Å². The van der Waals surface area contributed by atoms with Crippen LogP contribution >= 0.6 is 24.0 Å². The number of likely N-dealkylation sites (tertiary alicyclic amines) is 1. The molecule has 0 radical (unpaired) electrons. The molecular formula is C24H33IN4O3. The number of nitrogens with zero attached hydrogens (tertiary/aromatic N) is 2. The lowest BCUT2D eigenvalue weighted by molar-refractivity contribution is -0.140. The lowest BCUT2D eigenvalue weighted by Crippen LogP contribution is -2.39. The summed E-state index contributed by atoms with van der Waals surface area (Å²) in [6.07, 6.45) is 5.92. The second-order valence-electron chi connectivity index (χ2n) is 8.57. The molecule has 4 unspecified atom stereocenters. The zero-order valence-corrected chi connectivity index (χ0v) is 21.3. The summed E-state index contributed by atoms with van der Waals surface area (Å²) in [7, 11) is 1.73. The number of aliphatic imine (C=N–C) groups is 1. The molecule has 1 saturated carbocycles. The van der Waals surface area contributed by atoms with Crippen LogP contribution in [0, 0.1) is 30.6 Å². The van der Waals surface area contributed by atoms with Crippen LogP contribution in [0.1, 0.15) is 30.9 Å². The summed E-state index contributed by atoms with van der Waals surface area (Å²) in [5, 5.41) is 6.58. The van der Waals surface area contributed by atoms with E-state index < -0.39 is 0 Å². The molecule has 1 aromatic rings. The Morgan fingerprint density at radius 1 is 1.16 bits per heavy atom. The molecule has 3 aliphatic rings. The van der Waals surface area contributed by atoms with Crippen LogP contribution in [0.15, 0.2) is 35.3 Å². The van der Waals surface area contributed by atoms with Crippen molar-refractivity contribution in [2.75, 3.05) is 26.7 Å². The molecule has 174 valence electrons. The average molecular weight is 552 g/mol. The van der Waals surface area contributed by atoms with Crippen molar-refractivity contribution in [2.24, 2.45) is 28.7 Å². The van der Waals surface area contributed by atoms with Gasteiger partial charge in [0.2, 0.25) is 11.8 Å². The van der Waals surface area contributed by atoms with Crippen LogP contribution in [0.2, 0.25) is 0 Å². The number of fused-ring (bicyclic) bond motifs is 5. The Kier molecular flexibility index (Phi) is 8.19. The second kappa shape index (κ2) is 10.7. The number of carbonyl (C=O) groups excluding carboxylic acids is 2. The fourth-order valence-corrected chi connectivity index (χ4v) is 5.17. The Balaban J connectivity index is 0.00000289. The summed E-state index contributed by atoms with van der Waals surface area (Å²) in [6.45, 7) is 6.43. The third-order valence-electron chi connectivity index (χ3n) is 6.64. The predicted octanol–water partition coefficient (Wildman–Crippen LogP) is 2.87. The summed E-state index contributed by atoms with van der Waals surface area (Å²) in [6, 6.07) is 6.14. The second-order valence-corrected chi connectivity index (χ2v) is 8.57. The van der Waals surface area contributed by atoms with Gasteiger partial charge in [-0.2, -0.15) is 0 Å². The Hall–Kier alpha value is -2.10. The molecular weight excluding hydrogens is 519 g/mol. The van der Waals surface area contributed by atoms with E-state index in [0.29, 0.717) is 38.6 Å². The summed E-state index contributed by atoms with van der Waals surface area (Å²) in [5.74, 6) is 1.98. The van der Waals surface area contributed by atoms with Gasteiger partial charge in [0.1, 0.15) is 5.75 Å². The maximum absolute atomic E-state index is 12.7. The first-order valence-electron chi connectivity index (χ1n) is 11.2. The molecule has 2 N–H and O–H groups in total. The first-order valence-corrected chi connectivity index (χ1v) is 11.2. The Morgan fingerprint density at radius 3 is 2.44 bits per heavy atom. The van der Waals surface area contributed by atoms with Gasteiger partial charge in [0.15, 0.2) is 5.96 Å². The van der Waals surface area contributed by atoms with Crippen molar-refractivity contribution in [1.29, 1.82) is 0 Å². The van der Waals surface area contributed by atoms with Gasteiger partial charge < -0.3 is 15.4 Å². The molecule has 0 aromatic heterocycles. The van der Waals surface area contributed by atoms with E-state index in [4.69, 9.17) is 4.74 Å². The minimum atomic E-state index is -0.109. The van der Waals surface area contributed by atoms with Gasteiger partial charge in [0.25, 0.3) is 0 Å². The summed E-state index contributed by atoms with van der Waals surface area (Å²) in [5.41, 5.74) is 2.25. The SMILES string of the molecule is CCOc1ccc(CNC(=NC)NCCCN2C(=O)C3C4C=CC(C4)C3C2=O)cc1C.I. The summed E-state index contributed by atoms with van der Waals surface area (Å²) in [4.78, 5) is 31.2. The van der Waals surface area contributed by atoms with Gasteiger partial charge in [-0.05, 0) is 55.7 Å². The Labute approximate surface area is 207 Å². The number of halogens is 1. The minimum Gasteiger partial charge on any atom is -0.494 e. The van der Waals surface area contributed by atoms with Crippen LogP contribution in [-0.4, -0.2) is 49.4 Å². The van der Waals surface area contributed by atoms with E-state index in [0.717, 1.165) is 23.3 Å². The molecule has 2 bridgehead atoms. The number of guanidine groups is 1. The highest BCUT2D eigenvalue weighted by Crippen LogP contribution is 2.52. The highest BCUT2D eigenvalue weighted by atomic mass is 127. The Bertz CT molecular complexity index is 887. The number of hydrogen-bond acceptors (Lipinski definition) is 4. The number of aryl methyl sites for hydroxylation is 1. The van der Waals surface area contributed by atoms with Crippen LogP contribution in [0.25, 0.3) is 0 Å². The minimum absolute atomic E-state index is 0. The molecule has 8 heteroatoms. The van der Waals surface area contributed by atoms with Gasteiger partial charge in [-0.1, -0.05) is 24.3 Å². The van der Waals surface area contributed by atoms with Crippen LogP contribution in [0.5, 0.6) is 5.75 Å². The van der Waals surface area contributed by atoms with Crippen molar-refractivity contribution < 1.29 is 14.3 Å². The maximum Gasteiger partial charge on any atom is 0.233 e. The van der Waals surface area contributed by atoms with Crippen LogP contribution < -0.4 is 15.4 Å². The van der Waals surface area contributed by atoms with E-state index in [-0.39, 0.29) is 59.5 Å². The largest absolute Gasteiger partial charge is 0.494 e. The highest BCUT2D eigenvalue weighted by molar-refractivity contribution is 14.0. The maximum atomic E-state index is 12.7. The van der Waals surface area contributed by atoms with Crippen LogP contribution in [0.3, 0.4) is 0 Å². The van der Waals surface area contributed by atoms with Crippen molar-refractivity contribution in [1.82, 2.24) is 15.5 Å². The quantitative estimate of drug-likeness (QED) is 0.130. The molecule has 1 heterocycles. The predicted molar refractivity (Wildman–Crippen MR) is 135 cm³/mol. The summed E-state index contributed by atoms with van der Waals surface area (Å²) >= 11 is 0. The number of carbonyl (C=O) groups is 2. The summed E-state index contributed by atoms with van der Waals surface area (Å²) < 4.78 is 5.59. The number of rotatable bonds is 8. The van der Waals surface area contributed by atoms with Gasteiger partial charge >= 0.3 is 0 Å². The molecule has 1 saturated heterocycles. The molecule has 4 atom stereocenters. The normalized spacial score (nSPS) is 25.7. The Morgan fingerprint density at radius 2 is 1.84 bits per heavy atom. The van der Waals surface area contributed by atoms with E-state index in [9.17, 15) is 9.59 Å². The van der Waals surface area contributed by atoms with Crippen molar-refractivity contribution >= 4 is 41.8 Å². The van der Waals surface area contributed by atoms with Gasteiger partial charge in [0.05, 0.1) is 18.4 Å². The lowest BCUT2D eigenvalue weighted by Gasteiger charge is -2.18. The standard InChI is InChI=1S/C24H32N4O3.HI/c1-4-31-19-9-6-16(12-15(19)2)14-27-24(25-3)26-10-5-11-28-22(29)20-17-7-8-18(13-17)21(20)23(28)30;/h6-9,12,17-18,20-21H,4-5,10-11,13-14H2,1-3H3,(H2,25,26,27);1H. The van der Waals surface area contributed by atoms with Crippen molar-refractivity contribution in [3.63, 3.8) is 0 Å². The van der Waals surface area contributed by atoms with E-state index in [1.807, 2.05) is 26.0 Å². The van der Waals surface area contributed by atoms with E-state index in [1.54, 1.807) is 7.05 Å². The number of ether oxygens (including phenoxy) is 1. The first-order chi connectivity index (χ1) is 15.0. The smallest absolute Gasteiger partial charge is 0.233 e. The van der Waals surface area contributed by atoms with Crippen molar-refractivity contribution in [3.05, 3.63) is 41.5 Å². The lowest BCUT2D eigenvalue weighted by atomic mass is 9.85. The monoisotopic (exact) mass is 552 g/mol. The number of nitrogens with one attached hydrogen (secondary N) is 2. The average Bonchev–Trinajstić information content (AvgIpc) is 3.44. The van der Waals surface area contributed by atoms with Gasteiger partial charge in [-0.25, -0.2) is 0 Å². The van der Waals surface area contributed by atoms with E-state index >= 15 is 0 Å². The first kappa shape index (κ1) is 24.5. The number of allylic oxidation sites excluding steroid dienone is 2. The molecule has 2 aliphatic carbocycles. The number of benzene rings is 1. The van der Waals surface area contributed by atoms with Crippen molar-refractivity contribution in [3.8, 4) is 5.75 Å². The number of imide groups is 1. The molecule has 1 aromatic carbocycles. The highest BCUT2D eigenvalue weighted by Gasteiger charge is 2.58.